The van der Waals surface area contributed by atoms with Gasteiger partial charge >= 0.3 is 0 Å². The van der Waals surface area contributed by atoms with E-state index in [2.05, 4.69) is 26.3 Å². The van der Waals surface area contributed by atoms with Gasteiger partial charge in [-0.3, -0.25) is 24.0 Å². The molecule has 34 heavy (non-hydrogen) atoms. The number of unbranched alkanes of at least 4 members (excludes halogenated alkanes) is 2. The summed E-state index contributed by atoms with van der Waals surface area (Å²) in [6, 6.07) is 12.2. The molecule has 4 rings (SSSR count). The summed E-state index contributed by atoms with van der Waals surface area (Å²) >= 11 is 15.4. The zero-order valence-corrected chi connectivity index (χ0v) is 21.2. The highest BCUT2D eigenvalue weighted by atomic mass is 79.9. The SMILES string of the molecule is O=C(CCCCCN1C(=O)c2ccccc2C1=O)Nc1nn(Cc2ccc(Cl)c(Cl)c2)cc1Br. The molecule has 2 heterocycles. The average molecular weight is 564 g/mol. The normalized spacial score (nSPS) is 12.9. The fourth-order valence-corrected chi connectivity index (χ4v) is 4.49. The molecule has 0 aliphatic carbocycles. The molecule has 1 N–H and O–H groups in total. The molecule has 3 amide bonds. The van der Waals surface area contributed by atoms with Gasteiger partial charge in [0.05, 0.1) is 32.2 Å². The fraction of sp³-hybridized carbons (Fsp3) is 0.250. The van der Waals surface area contributed by atoms with Crippen LogP contribution in [0.2, 0.25) is 10.0 Å². The minimum Gasteiger partial charge on any atom is -0.308 e. The Morgan fingerprint density at radius 1 is 0.971 bits per heavy atom. The van der Waals surface area contributed by atoms with Gasteiger partial charge < -0.3 is 5.32 Å². The molecule has 0 spiro atoms. The molecular weight excluding hydrogens is 543 g/mol. The Bertz CT molecular complexity index is 1230. The summed E-state index contributed by atoms with van der Waals surface area (Å²) < 4.78 is 2.37. The zero-order valence-electron chi connectivity index (χ0n) is 18.1. The molecule has 1 aliphatic rings. The highest BCUT2D eigenvalue weighted by molar-refractivity contribution is 9.10. The highest BCUT2D eigenvalue weighted by Crippen LogP contribution is 2.25. The minimum absolute atomic E-state index is 0.152. The van der Waals surface area contributed by atoms with Crippen molar-refractivity contribution in [2.45, 2.75) is 32.2 Å². The van der Waals surface area contributed by atoms with Crippen LogP contribution in [0.25, 0.3) is 0 Å². The molecule has 3 aromatic rings. The molecule has 10 heteroatoms. The van der Waals surface area contributed by atoms with Crippen molar-refractivity contribution < 1.29 is 14.4 Å². The molecule has 0 unspecified atom stereocenters. The van der Waals surface area contributed by atoms with Gasteiger partial charge in [-0.2, -0.15) is 5.10 Å². The van der Waals surface area contributed by atoms with Crippen molar-refractivity contribution in [1.29, 1.82) is 0 Å². The Morgan fingerprint density at radius 3 is 2.35 bits per heavy atom. The van der Waals surface area contributed by atoms with E-state index in [4.69, 9.17) is 23.2 Å². The smallest absolute Gasteiger partial charge is 0.261 e. The third-order valence-electron chi connectivity index (χ3n) is 5.47. The third kappa shape index (κ3) is 5.51. The Morgan fingerprint density at radius 2 is 1.68 bits per heavy atom. The first-order valence-electron chi connectivity index (χ1n) is 10.8. The Kier molecular flexibility index (Phi) is 7.70. The number of nitrogens with one attached hydrogen (secondary N) is 1. The number of rotatable bonds is 9. The molecule has 176 valence electrons. The quantitative estimate of drug-likeness (QED) is 0.263. The van der Waals surface area contributed by atoms with Crippen molar-refractivity contribution in [3.63, 3.8) is 0 Å². The van der Waals surface area contributed by atoms with Gasteiger partial charge in [0, 0.05) is 19.2 Å². The highest BCUT2D eigenvalue weighted by Gasteiger charge is 2.34. The number of carbonyl (C=O) groups excluding carboxylic acids is 3. The number of carbonyl (C=O) groups is 3. The summed E-state index contributed by atoms with van der Waals surface area (Å²) in [5.41, 5.74) is 1.84. The van der Waals surface area contributed by atoms with Gasteiger partial charge in [-0.15, -0.1) is 0 Å². The van der Waals surface area contributed by atoms with E-state index in [1.165, 1.54) is 4.90 Å². The predicted octanol–water partition coefficient (Wildman–Crippen LogP) is 5.80. The van der Waals surface area contributed by atoms with Crippen LogP contribution in [0.4, 0.5) is 5.82 Å². The van der Waals surface area contributed by atoms with E-state index in [0.717, 1.165) is 5.56 Å². The number of aromatic nitrogens is 2. The second kappa shape index (κ2) is 10.7. The van der Waals surface area contributed by atoms with Crippen LogP contribution in [0, 0.1) is 0 Å². The van der Waals surface area contributed by atoms with E-state index in [1.807, 2.05) is 6.07 Å². The number of benzene rings is 2. The zero-order chi connectivity index (χ0) is 24.2. The van der Waals surface area contributed by atoms with Crippen LogP contribution < -0.4 is 5.32 Å². The summed E-state index contributed by atoms with van der Waals surface area (Å²) in [6.07, 6.45) is 4.08. The lowest BCUT2D eigenvalue weighted by atomic mass is 10.1. The van der Waals surface area contributed by atoms with Gasteiger partial charge in [0.2, 0.25) is 5.91 Å². The van der Waals surface area contributed by atoms with E-state index < -0.39 is 0 Å². The molecule has 1 aliphatic heterocycles. The minimum atomic E-state index is -0.250. The number of halogens is 3. The van der Waals surface area contributed by atoms with Crippen LogP contribution in [0.5, 0.6) is 0 Å². The number of amides is 3. The maximum atomic E-state index is 12.4. The third-order valence-corrected chi connectivity index (χ3v) is 6.79. The number of imide groups is 1. The monoisotopic (exact) mass is 562 g/mol. The molecular formula is C24H21BrCl2N4O3. The molecule has 0 bridgehead atoms. The molecule has 0 atom stereocenters. The van der Waals surface area contributed by atoms with E-state index >= 15 is 0 Å². The Balaban J connectivity index is 1.21. The van der Waals surface area contributed by atoms with E-state index in [0.29, 0.717) is 70.2 Å². The first-order chi connectivity index (χ1) is 16.3. The second-order valence-electron chi connectivity index (χ2n) is 7.94. The van der Waals surface area contributed by atoms with Crippen LogP contribution in [0.1, 0.15) is 52.0 Å². The molecule has 0 saturated carbocycles. The Labute approximate surface area is 215 Å². The van der Waals surface area contributed by atoms with Crippen LogP contribution in [0.3, 0.4) is 0 Å². The van der Waals surface area contributed by atoms with Crippen LogP contribution >= 0.6 is 39.1 Å². The van der Waals surface area contributed by atoms with Gasteiger partial charge in [0.15, 0.2) is 5.82 Å². The van der Waals surface area contributed by atoms with Crippen LogP contribution in [-0.2, 0) is 11.3 Å². The van der Waals surface area contributed by atoms with Gasteiger partial charge in [0.1, 0.15) is 0 Å². The molecule has 0 fully saturated rings. The largest absolute Gasteiger partial charge is 0.308 e. The van der Waals surface area contributed by atoms with E-state index in [1.54, 1.807) is 47.3 Å². The predicted molar refractivity (Wildman–Crippen MR) is 134 cm³/mol. The van der Waals surface area contributed by atoms with Crippen molar-refractivity contribution >= 4 is 62.7 Å². The average Bonchev–Trinajstić information content (AvgIpc) is 3.27. The number of hydrogen-bond donors (Lipinski definition) is 1. The summed E-state index contributed by atoms with van der Waals surface area (Å²) in [6.45, 7) is 0.821. The van der Waals surface area contributed by atoms with Gasteiger partial charge in [-0.05, 0) is 58.6 Å². The van der Waals surface area contributed by atoms with Crippen molar-refractivity contribution in [1.82, 2.24) is 14.7 Å². The number of nitrogens with zero attached hydrogens (tertiary/aromatic N) is 3. The van der Waals surface area contributed by atoms with Crippen LogP contribution in [-0.4, -0.2) is 38.9 Å². The number of fused-ring (bicyclic) bond motifs is 1. The number of hydrogen-bond acceptors (Lipinski definition) is 4. The maximum absolute atomic E-state index is 12.4. The van der Waals surface area contributed by atoms with Crippen molar-refractivity contribution in [2.75, 3.05) is 11.9 Å². The summed E-state index contributed by atoms with van der Waals surface area (Å²) in [4.78, 5) is 38.4. The molecule has 2 aromatic carbocycles. The first-order valence-corrected chi connectivity index (χ1v) is 12.3. The lowest BCUT2D eigenvalue weighted by Crippen LogP contribution is -2.30. The maximum Gasteiger partial charge on any atom is 0.261 e. The lowest BCUT2D eigenvalue weighted by molar-refractivity contribution is -0.116. The lowest BCUT2D eigenvalue weighted by Gasteiger charge is -2.13. The first kappa shape index (κ1) is 24.4. The second-order valence-corrected chi connectivity index (χ2v) is 9.61. The summed E-state index contributed by atoms with van der Waals surface area (Å²) in [5, 5.41) is 8.19. The van der Waals surface area contributed by atoms with Crippen molar-refractivity contribution in [3.8, 4) is 0 Å². The standard InChI is InChI=1S/C24H21BrCl2N4O3/c25-18-14-30(13-15-9-10-19(26)20(27)12-15)29-22(18)28-21(32)8-2-1-5-11-31-23(33)16-6-3-4-7-17(16)24(31)34/h3-4,6-7,9-10,12,14H,1-2,5,8,11,13H2,(H,28,29,32). The molecule has 0 saturated heterocycles. The van der Waals surface area contributed by atoms with Gasteiger partial charge in [-0.25, -0.2) is 0 Å². The van der Waals surface area contributed by atoms with E-state index in [-0.39, 0.29) is 17.7 Å². The summed E-state index contributed by atoms with van der Waals surface area (Å²) in [5.74, 6) is -0.211. The van der Waals surface area contributed by atoms with Crippen molar-refractivity contribution in [2.24, 2.45) is 0 Å². The molecule has 0 radical (unpaired) electrons. The van der Waals surface area contributed by atoms with Crippen molar-refractivity contribution in [3.05, 3.63) is 79.9 Å². The van der Waals surface area contributed by atoms with Crippen LogP contribution in [0.15, 0.2) is 53.1 Å². The fourth-order valence-electron chi connectivity index (χ4n) is 3.76. The summed E-state index contributed by atoms with van der Waals surface area (Å²) in [7, 11) is 0. The number of anilines is 1. The molecule has 1 aromatic heterocycles. The topological polar surface area (TPSA) is 84.3 Å². The molecule has 7 nitrogen and oxygen atoms in total. The van der Waals surface area contributed by atoms with Gasteiger partial charge in [-0.1, -0.05) is 47.8 Å². The Hall–Kier alpha value is -2.68. The van der Waals surface area contributed by atoms with Gasteiger partial charge in [0.25, 0.3) is 11.8 Å². The van der Waals surface area contributed by atoms with E-state index in [9.17, 15) is 14.4 Å².